The predicted molar refractivity (Wildman–Crippen MR) is 71.4 cm³/mol. The first-order valence-electron chi connectivity index (χ1n) is 5.96. The van der Waals surface area contributed by atoms with E-state index in [1.54, 1.807) is 7.11 Å². The number of nitrogens with zero attached hydrogens (tertiary/aromatic N) is 1. The van der Waals surface area contributed by atoms with Crippen LogP contribution in [0.1, 0.15) is 25.3 Å². The van der Waals surface area contributed by atoms with Gasteiger partial charge in [-0.2, -0.15) is 0 Å². The van der Waals surface area contributed by atoms with E-state index >= 15 is 0 Å². The predicted octanol–water partition coefficient (Wildman–Crippen LogP) is 2.58. The van der Waals surface area contributed by atoms with Crippen LogP contribution in [0.2, 0.25) is 0 Å². The highest BCUT2D eigenvalue weighted by molar-refractivity contribution is 5.18. The van der Waals surface area contributed by atoms with Crippen molar-refractivity contribution >= 4 is 0 Å². The molecule has 1 aromatic heterocycles. The van der Waals surface area contributed by atoms with Crippen LogP contribution < -0.4 is 10.1 Å². The average Bonchev–Trinajstić information content (AvgIpc) is 2.35. The molecule has 94 valence electrons. The molecule has 0 spiro atoms. The van der Waals surface area contributed by atoms with E-state index in [4.69, 9.17) is 4.74 Å². The molecule has 0 amide bonds. The Morgan fingerprint density at radius 3 is 2.76 bits per heavy atom. The van der Waals surface area contributed by atoms with Crippen LogP contribution in [-0.2, 0) is 6.42 Å². The smallest absolute Gasteiger partial charge is 0.212 e. The van der Waals surface area contributed by atoms with Crippen LogP contribution >= 0.6 is 0 Å². The van der Waals surface area contributed by atoms with Gasteiger partial charge in [-0.05, 0) is 38.8 Å². The number of allylic oxidation sites excluding steroid dienone is 1. The summed E-state index contributed by atoms with van der Waals surface area (Å²) in [6, 6.07) is 4.44. The summed E-state index contributed by atoms with van der Waals surface area (Å²) in [6.07, 6.45) is 5.04. The SMILES string of the molecule is C=C(C)CCC(Cc1ccc(OC)nc1)NC. The minimum Gasteiger partial charge on any atom is -0.481 e. The summed E-state index contributed by atoms with van der Waals surface area (Å²) >= 11 is 0. The maximum absolute atomic E-state index is 5.04. The molecule has 0 fully saturated rings. The van der Waals surface area contributed by atoms with Gasteiger partial charge < -0.3 is 10.1 Å². The van der Waals surface area contributed by atoms with E-state index in [9.17, 15) is 0 Å². The minimum atomic E-state index is 0.474. The van der Waals surface area contributed by atoms with Crippen LogP contribution in [0, 0.1) is 0 Å². The van der Waals surface area contributed by atoms with Crippen molar-refractivity contribution in [2.24, 2.45) is 0 Å². The van der Waals surface area contributed by atoms with Crippen LogP contribution in [-0.4, -0.2) is 25.2 Å². The first-order chi connectivity index (χ1) is 8.15. The summed E-state index contributed by atoms with van der Waals surface area (Å²) in [5, 5.41) is 3.33. The molecule has 0 aliphatic rings. The summed E-state index contributed by atoms with van der Waals surface area (Å²) in [5.74, 6) is 0.664. The average molecular weight is 234 g/mol. The standard InChI is InChI=1S/C14H22N2O/c1-11(2)5-7-13(15-3)9-12-6-8-14(17-4)16-10-12/h6,8,10,13,15H,1,5,7,9H2,2-4H3. The van der Waals surface area contributed by atoms with Crippen molar-refractivity contribution in [3.8, 4) is 5.88 Å². The van der Waals surface area contributed by atoms with Gasteiger partial charge in [0, 0.05) is 18.3 Å². The lowest BCUT2D eigenvalue weighted by Crippen LogP contribution is -2.27. The second kappa shape index (κ2) is 7.07. The highest BCUT2D eigenvalue weighted by Crippen LogP contribution is 2.12. The second-order valence-electron chi connectivity index (χ2n) is 4.39. The van der Waals surface area contributed by atoms with Gasteiger partial charge in [0.1, 0.15) is 0 Å². The Labute approximate surface area is 104 Å². The van der Waals surface area contributed by atoms with Crippen LogP contribution in [0.4, 0.5) is 0 Å². The molecular weight excluding hydrogens is 212 g/mol. The monoisotopic (exact) mass is 234 g/mol. The summed E-state index contributed by atoms with van der Waals surface area (Å²) in [7, 11) is 3.63. The zero-order valence-electron chi connectivity index (χ0n) is 11.0. The number of ether oxygens (including phenoxy) is 1. The number of methoxy groups -OCH3 is 1. The van der Waals surface area contributed by atoms with Crippen molar-refractivity contribution in [3.63, 3.8) is 0 Å². The maximum Gasteiger partial charge on any atom is 0.212 e. The van der Waals surface area contributed by atoms with Gasteiger partial charge in [-0.3, -0.25) is 0 Å². The second-order valence-corrected chi connectivity index (χ2v) is 4.39. The van der Waals surface area contributed by atoms with Gasteiger partial charge in [-0.25, -0.2) is 4.98 Å². The number of pyridine rings is 1. The van der Waals surface area contributed by atoms with Gasteiger partial charge in [0.2, 0.25) is 5.88 Å². The fraction of sp³-hybridized carbons (Fsp3) is 0.500. The number of hydrogen-bond acceptors (Lipinski definition) is 3. The summed E-state index contributed by atoms with van der Waals surface area (Å²) in [6.45, 7) is 6.01. The topological polar surface area (TPSA) is 34.1 Å². The zero-order chi connectivity index (χ0) is 12.7. The molecule has 0 radical (unpaired) electrons. The van der Waals surface area contributed by atoms with Crippen LogP contribution in [0.25, 0.3) is 0 Å². The molecule has 17 heavy (non-hydrogen) atoms. The van der Waals surface area contributed by atoms with E-state index < -0.39 is 0 Å². The molecule has 1 aromatic rings. The summed E-state index contributed by atoms with van der Waals surface area (Å²) in [4.78, 5) is 4.21. The number of rotatable bonds is 7. The van der Waals surface area contributed by atoms with E-state index in [2.05, 4.69) is 29.9 Å². The number of nitrogens with one attached hydrogen (secondary N) is 1. The third-order valence-electron chi connectivity index (χ3n) is 2.82. The lowest BCUT2D eigenvalue weighted by atomic mass is 10.0. The number of aromatic nitrogens is 1. The van der Waals surface area contributed by atoms with Crippen LogP contribution in [0.5, 0.6) is 5.88 Å². The van der Waals surface area contributed by atoms with Crippen molar-refractivity contribution in [3.05, 3.63) is 36.0 Å². The first-order valence-corrected chi connectivity index (χ1v) is 5.96. The fourth-order valence-corrected chi connectivity index (χ4v) is 1.71. The van der Waals surface area contributed by atoms with E-state index in [0.29, 0.717) is 11.9 Å². The summed E-state index contributed by atoms with van der Waals surface area (Å²) in [5.41, 5.74) is 2.46. The van der Waals surface area contributed by atoms with Crippen molar-refractivity contribution < 1.29 is 4.74 Å². The molecule has 1 N–H and O–H groups in total. The first kappa shape index (κ1) is 13.7. The largest absolute Gasteiger partial charge is 0.481 e. The molecule has 3 nitrogen and oxygen atoms in total. The quantitative estimate of drug-likeness (QED) is 0.736. The van der Waals surface area contributed by atoms with Crippen molar-refractivity contribution in [2.75, 3.05) is 14.2 Å². The third-order valence-corrected chi connectivity index (χ3v) is 2.82. The lowest BCUT2D eigenvalue weighted by molar-refractivity contribution is 0.397. The van der Waals surface area contributed by atoms with Crippen LogP contribution in [0.3, 0.4) is 0 Å². The summed E-state index contributed by atoms with van der Waals surface area (Å²) < 4.78 is 5.04. The Hall–Kier alpha value is -1.35. The van der Waals surface area contributed by atoms with Gasteiger partial charge in [-0.1, -0.05) is 11.6 Å². The van der Waals surface area contributed by atoms with Gasteiger partial charge in [0.25, 0.3) is 0 Å². The molecule has 0 saturated carbocycles. The normalized spacial score (nSPS) is 12.2. The Morgan fingerprint density at radius 2 is 2.29 bits per heavy atom. The molecule has 3 heteroatoms. The van der Waals surface area contributed by atoms with E-state index in [1.165, 1.54) is 11.1 Å². The van der Waals surface area contributed by atoms with E-state index in [1.807, 2.05) is 19.3 Å². The molecule has 1 atom stereocenters. The molecule has 1 rings (SSSR count). The molecule has 1 heterocycles. The van der Waals surface area contributed by atoms with Crippen molar-refractivity contribution in [2.45, 2.75) is 32.2 Å². The van der Waals surface area contributed by atoms with Gasteiger partial charge in [0.15, 0.2) is 0 Å². The molecule has 0 aliphatic carbocycles. The van der Waals surface area contributed by atoms with Crippen LogP contribution in [0.15, 0.2) is 30.5 Å². The Bertz CT molecular complexity index is 346. The van der Waals surface area contributed by atoms with Gasteiger partial charge >= 0.3 is 0 Å². The lowest BCUT2D eigenvalue weighted by Gasteiger charge is -2.16. The fourth-order valence-electron chi connectivity index (χ4n) is 1.71. The molecule has 0 bridgehead atoms. The molecular formula is C14H22N2O. The Kier molecular flexibility index (Phi) is 5.70. The number of likely N-dealkylation sites (N-methyl/N-ethyl adjacent to an activating group) is 1. The maximum atomic E-state index is 5.04. The third kappa shape index (κ3) is 5.00. The molecule has 0 aromatic carbocycles. The zero-order valence-corrected chi connectivity index (χ0v) is 11.0. The van der Waals surface area contributed by atoms with E-state index in [0.717, 1.165) is 19.3 Å². The highest BCUT2D eigenvalue weighted by atomic mass is 16.5. The molecule has 0 saturated heterocycles. The minimum absolute atomic E-state index is 0.474. The molecule has 1 unspecified atom stereocenters. The van der Waals surface area contributed by atoms with E-state index in [-0.39, 0.29) is 0 Å². The number of hydrogen-bond donors (Lipinski definition) is 1. The van der Waals surface area contributed by atoms with Crippen molar-refractivity contribution in [1.82, 2.24) is 10.3 Å². The molecule has 0 aliphatic heterocycles. The van der Waals surface area contributed by atoms with Crippen molar-refractivity contribution in [1.29, 1.82) is 0 Å². The van der Waals surface area contributed by atoms with Gasteiger partial charge in [0.05, 0.1) is 7.11 Å². The van der Waals surface area contributed by atoms with Gasteiger partial charge in [-0.15, -0.1) is 6.58 Å². The highest BCUT2D eigenvalue weighted by Gasteiger charge is 2.07. The Balaban J connectivity index is 2.51. The Morgan fingerprint density at radius 1 is 1.53 bits per heavy atom.